The summed E-state index contributed by atoms with van der Waals surface area (Å²) in [5.74, 6) is 0. The van der Waals surface area contributed by atoms with E-state index < -0.39 is 16.1 Å². The van der Waals surface area contributed by atoms with Gasteiger partial charge < -0.3 is 0 Å². The first-order valence-corrected chi connectivity index (χ1v) is 12.8. The van der Waals surface area contributed by atoms with Crippen LogP contribution in [-0.2, 0) is 16.6 Å². The van der Waals surface area contributed by atoms with E-state index in [9.17, 15) is 13.2 Å². The fourth-order valence-electron chi connectivity index (χ4n) is 3.56. The summed E-state index contributed by atoms with van der Waals surface area (Å²) in [4.78, 5) is 12.6. The molecule has 32 heavy (non-hydrogen) atoms. The summed E-state index contributed by atoms with van der Waals surface area (Å²) in [5.41, 5.74) is 4.68. The van der Waals surface area contributed by atoms with E-state index in [1.165, 1.54) is 6.07 Å². The minimum Gasteiger partial charge on any atom is -0.294 e. The van der Waals surface area contributed by atoms with Crippen molar-refractivity contribution < 1.29 is 8.42 Å². The Balaban J connectivity index is 1.64. The molecule has 1 N–H and O–H groups in total. The first-order valence-electron chi connectivity index (χ1n) is 10.1. The third-order valence-electron chi connectivity index (χ3n) is 5.60. The maximum atomic E-state index is 13.0. The lowest BCUT2D eigenvalue weighted by atomic mass is 10.0. The van der Waals surface area contributed by atoms with Crippen LogP contribution in [-0.4, -0.2) is 13.0 Å². The number of benzene rings is 3. The molecule has 0 spiro atoms. The van der Waals surface area contributed by atoms with Crippen LogP contribution < -0.4 is 9.60 Å². The normalized spacial score (nSPS) is 12.9. The van der Waals surface area contributed by atoms with Gasteiger partial charge in [0.15, 0.2) is 0 Å². The molecule has 0 unspecified atom stereocenters. The first-order chi connectivity index (χ1) is 15.2. The molecule has 8 heteroatoms. The summed E-state index contributed by atoms with van der Waals surface area (Å²) in [6.07, 6.45) is 0. The minimum atomic E-state index is -3.77. The van der Waals surface area contributed by atoms with E-state index in [0.29, 0.717) is 21.8 Å². The summed E-state index contributed by atoms with van der Waals surface area (Å²) in [6.45, 7) is 6.17. The number of aromatic nitrogens is 1. The maximum Gasteiger partial charge on any atom is 0.308 e. The smallest absolute Gasteiger partial charge is 0.294 e. The number of hydrogen-bond acceptors (Lipinski definition) is 4. The highest BCUT2D eigenvalue weighted by molar-refractivity contribution is 7.89. The van der Waals surface area contributed by atoms with Crippen molar-refractivity contribution in [3.05, 3.63) is 97.6 Å². The van der Waals surface area contributed by atoms with Crippen molar-refractivity contribution in [1.82, 2.24) is 9.29 Å². The van der Waals surface area contributed by atoms with E-state index in [1.54, 1.807) is 22.8 Å². The van der Waals surface area contributed by atoms with Crippen LogP contribution in [0.15, 0.2) is 70.4 Å². The van der Waals surface area contributed by atoms with Gasteiger partial charge >= 0.3 is 4.87 Å². The van der Waals surface area contributed by atoms with Gasteiger partial charge in [-0.15, -0.1) is 0 Å². The molecule has 0 aliphatic carbocycles. The minimum absolute atomic E-state index is 0.131. The fraction of sp³-hybridized carbons (Fsp3) is 0.208. The molecular weight excluding hydrogens is 464 g/mol. The van der Waals surface area contributed by atoms with E-state index in [2.05, 4.69) is 4.72 Å². The molecule has 166 valence electrons. The quantitative estimate of drug-likeness (QED) is 0.395. The molecule has 0 aliphatic rings. The van der Waals surface area contributed by atoms with Crippen molar-refractivity contribution in [2.45, 2.75) is 38.3 Å². The number of fused-ring (bicyclic) bond motifs is 1. The lowest BCUT2D eigenvalue weighted by molar-refractivity contribution is 0.567. The number of rotatable bonds is 6. The standard InChI is InChI=1S/C24H23ClN2O3S2/c1-15-8-9-18(12-16(15)2)17(3)26-32(29,30)20-10-11-22-23(13-20)31-24(28)27(22)14-19-6-4-5-7-21(19)25/h4-13,17,26H,14H2,1-3H3/t17-/m1/s1. The Hall–Kier alpha value is -2.45. The topological polar surface area (TPSA) is 68.2 Å². The average Bonchev–Trinajstić information content (AvgIpc) is 3.05. The summed E-state index contributed by atoms with van der Waals surface area (Å²) >= 11 is 7.27. The van der Waals surface area contributed by atoms with Gasteiger partial charge in [-0.2, -0.15) is 0 Å². The predicted octanol–water partition coefficient (Wildman–Crippen LogP) is 5.42. The number of aryl methyl sites for hydroxylation is 2. The van der Waals surface area contributed by atoms with Crippen LogP contribution in [0, 0.1) is 13.8 Å². The van der Waals surface area contributed by atoms with Crippen LogP contribution in [0.3, 0.4) is 0 Å². The Labute approximate surface area is 196 Å². The van der Waals surface area contributed by atoms with Crippen molar-refractivity contribution in [1.29, 1.82) is 0 Å². The van der Waals surface area contributed by atoms with Gasteiger partial charge in [0, 0.05) is 11.1 Å². The van der Waals surface area contributed by atoms with Gasteiger partial charge in [-0.25, -0.2) is 13.1 Å². The summed E-state index contributed by atoms with van der Waals surface area (Å²) in [5, 5.41) is 0.586. The molecule has 4 aromatic rings. The zero-order valence-electron chi connectivity index (χ0n) is 17.9. The Morgan fingerprint density at radius 2 is 1.78 bits per heavy atom. The highest BCUT2D eigenvalue weighted by Gasteiger charge is 2.20. The second-order valence-electron chi connectivity index (χ2n) is 7.86. The second kappa shape index (κ2) is 8.83. The van der Waals surface area contributed by atoms with E-state index >= 15 is 0 Å². The predicted molar refractivity (Wildman–Crippen MR) is 131 cm³/mol. The van der Waals surface area contributed by atoms with Crippen molar-refractivity contribution in [2.75, 3.05) is 0 Å². The average molecular weight is 487 g/mol. The molecule has 1 atom stereocenters. The van der Waals surface area contributed by atoms with Crippen molar-refractivity contribution >= 4 is 43.2 Å². The van der Waals surface area contributed by atoms with Crippen molar-refractivity contribution in [3.63, 3.8) is 0 Å². The van der Waals surface area contributed by atoms with Crippen molar-refractivity contribution in [3.8, 4) is 0 Å². The van der Waals surface area contributed by atoms with Gasteiger partial charge in [0.25, 0.3) is 0 Å². The molecule has 1 aromatic heterocycles. The zero-order valence-corrected chi connectivity index (χ0v) is 20.3. The zero-order chi connectivity index (χ0) is 23.0. The van der Waals surface area contributed by atoms with Gasteiger partial charge in [0.2, 0.25) is 10.0 Å². The molecule has 3 aromatic carbocycles. The molecule has 0 fully saturated rings. The molecule has 0 saturated carbocycles. The molecule has 0 radical (unpaired) electrons. The molecule has 0 saturated heterocycles. The van der Waals surface area contributed by atoms with Crippen molar-refractivity contribution in [2.24, 2.45) is 0 Å². The number of sulfonamides is 1. The molecule has 0 amide bonds. The van der Waals surface area contributed by atoms with Gasteiger partial charge in [-0.05, 0) is 67.3 Å². The Bertz CT molecular complexity index is 1470. The molecule has 4 rings (SSSR count). The van der Waals surface area contributed by atoms with E-state index in [-0.39, 0.29) is 9.77 Å². The monoisotopic (exact) mass is 486 g/mol. The highest BCUT2D eigenvalue weighted by Crippen LogP contribution is 2.25. The number of nitrogens with one attached hydrogen (secondary N) is 1. The van der Waals surface area contributed by atoms with E-state index in [4.69, 9.17) is 11.6 Å². The summed E-state index contributed by atoms with van der Waals surface area (Å²) < 4.78 is 31.0. The van der Waals surface area contributed by atoms with E-state index in [0.717, 1.165) is 33.6 Å². The molecule has 0 bridgehead atoms. The number of nitrogens with zero attached hydrogens (tertiary/aromatic N) is 1. The lowest BCUT2D eigenvalue weighted by Gasteiger charge is -2.16. The second-order valence-corrected chi connectivity index (χ2v) is 11.0. The lowest BCUT2D eigenvalue weighted by Crippen LogP contribution is -2.27. The molecule has 0 aliphatic heterocycles. The summed E-state index contributed by atoms with van der Waals surface area (Å²) in [7, 11) is -3.77. The van der Waals surface area contributed by atoms with E-state index in [1.807, 2.05) is 57.2 Å². The SMILES string of the molecule is Cc1ccc([C@@H](C)NS(=O)(=O)c2ccc3c(c2)sc(=O)n3Cc2ccccc2Cl)cc1C. The summed E-state index contributed by atoms with van der Waals surface area (Å²) in [6, 6.07) is 17.6. The number of thiazole rings is 1. The highest BCUT2D eigenvalue weighted by atomic mass is 35.5. The number of halogens is 1. The molecule has 1 heterocycles. The van der Waals surface area contributed by atoms with Gasteiger partial charge in [0.05, 0.1) is 21.7 Å². The van der Waals surface area contributed by atoms with Gasteiger partial charge in [0.1, 0.15) is 0 Å². The molecular formula is C24H23ClN2O3S2. The largest absolute Gasteiger partial charge is 0.308 e. The van der Waals surface area contributed by atoms with Gasteiger partial charge in [-0.3, -0.25) is 9.36 Å². The Morgan fingerprint density at radius 3 is 2.50 bits per heavy atom. The van der Waals surface area contributed by atoms with Crippen LogP contribution in [0.5, 0.6) is 0 Å². The van der Waals surface area contributed by atoms with Crippen LogP contribution in [0.2, 0.25) is 5.02 Å². The molecule has 5 nitrogen and oxygen atoms in total. The van der Waals surface area contributed by atoms with Crippen LogP contribution in [0.1, 0.15) is 35.2 Å². The maximum absolute atomic E-state index is 13.0. The third kappa shape index (κ3) is 4.52. The Kier molecular flexibility index (Phi) is 6.27. The number of hydrogen-bond donors (Lipinski definition) is 1. The third-order valence-corrected chi connectivity index (χ3v) is 8.45. The first kappa shape index (κ1) is 22.7. The van der Waals surface area contributed by atoms with Crippen LogP contribution in [0.25, 0.3) is 10.2 Å². The van der Waals surface area contributed by atoms with Crippen LogP contribution >= 0.6 is 22.9 Å². The van der Waals surface area contributed by atoms with Crippen LogP contribution in [0.4, 0.5) is 0 Å². The fourth-order valence-corrected chi connectivity index (χ4v) is 6.02. The Morgan fingerprint density at radius 1 is 1.03 bits per heavy atom. The van der Waals surface area contributed by atoms with Gasteiger partial charge in [-0.1, -0.05) is 59.3 Å².